The fourth-order valence-electron chi connectivity index (χ4n) is 1.38. The third kappa shape index (κ3) is 4.72. The molecule has 0 aliphatic rings. The van der Waals surface area contributed by atoms with Crippen molar-refractivity contribution in [3.05, 3.63) is 24.3 Å². The minimum atomic E-state index is -3.62. The van der Waals surface area contributed by atoms with Gasteiger partial charge in [-0.15, -0.1) is 0 Å². The van der Waals surface area contributed by atoms with Crippen molar-refractivity contribution in [2.75, 3.05) is 18.5 Å². The molecule has 0 fully saturated rings. The van der Waals surface area contributed by atoms with Crippen molar-refractivity contribution < 1.29 is 13.5 Å². The van der Waals surface area contributed by atoms with Crippen molar-refractivity contribution in [2.24, 2.45) is 11.1 Å². The third-order valence-corrected chi connectivity index (χ3v) is 3.39. The standard InChI is InChI=1S/C11H18N2O3S/c1-9(6-7-14)8-13-10-2-4-11(5-3-10)17(12,15)16/h2-5,9,13-14H,6-8H2,1H3,(H2,12,15,16). The molecule has 96 valence electrons. The third-order valence-electron chi connectivity index (χ3n) is 2.46. The van der Waals surface area contributed by atoms with Gasteiger partial charge in [0.1, 0.15) is 0 Å². The molecule has 0 spiro atoms. The predicted molar refractivity (Wildman–Crippen MR) is 67.2 cm³/mol. The second-order valence-electron chi connectivity index (χ2n) is 4.07. The molecule has 0 saturated carbocycles. The topological polar surface area (TPSA) is 92.4 Å². The molecule has 0 bridgehead atoms. The number of primary sulfonamides is 1. The Morgan fingerprint density at radius 2 is 1.94 bits per heavy atom. The van der Waals surface area contributed by atoms with Crippen molar-refractivity contribution in [2.45, 2.75) is 18.2 Å². The number of benzene rings is 1. The summed E-state index contributed by atoms with van der Waals surface area (Å²) in [6.07, 6.45) is 0.738. The Labute approximate surface area is 102 Å². The molecule has 4 N–H and O–H groups in total. The zero-order chi connectivity index (χ0) is 12.9. The fraction of sp³-hybridized carbons (Fsp3) is 0.455. The summed E-state index contributed by atoms with van der Waals surface area (Å²) in [5, 5.41) is 16.9. The van der Waals surface area contributed by atoms with E-state index in [-0.39, 0.29) is 11.5 Å². The number of aliphatic hydroxyl groups is 1. The fourth-order valence-corrected chi connectivity index (χ4v) is 1.89. The highest BCUT2D eigenvalue weighted by atomic mass is 32.2. The first-order valence-corrected chi connectivity index (χ1v) is 6.95. The maximum atomic E-state index is 11.0. The van der Waals surface area contributed by atoms with Crippen LogP contribution in [-0.2, 0) is 10.0 Å². The van der Waals surface area contributed by atoms with Crippen LogP contribution in [0.2, 0.25) is 0 Å². The van der Waals surface area contributed by atoms with Crippen LogP contribution in [0.25, 0.3) is 0 Å². The summed E-state index contributed by atoms with van der Waals surface area (Å²) in [6, 6.07) is 6.28. The first kappa shape index (κ1) is 14.0. The first-order valence-electron chi connectivity index (χ1n) is 5.41. The van der Waals surface area contributed by atoms with Gasteiger partial charge in [0.05, 0.1) is 4.90 Å². The van der Waals surface area contributed by atoms with E-state index in [2.05, 4.69) is 5.32 Å². The number of sulfonamides is 1. The molecule has 1 unspecified atom stereocenters. The van der Waals surface area contributed by atoms with E-state index >= 15 is 0 Å². The Hall–Kier alpha value is -1.11. The van der Waals surface area contributed by atoms with E-state index in [4.69, 9.17) is 10.2 Å². The van der Waals surface area contributed by atoms with Gasteiger partial charge in [-0.2, -0.15) is 0 Å². The van der Waals surface area contributed by atoms with E-state index in [1.165, 1.54) is 12.1 Å². The quantitative estimate of drug-likeness (QED) is 0.702. The van der Waals surface area contributed by atoms with Gasteiger partial charge in [-0.25, -0.2) is 13.6 Å². The average Bonchev–Trinajstić information content (AvgIpc) is 2.26. The van der Waals surface area contributed by atoms with Crippen molar-refractivity contribution >= 4 is 15.7 Å². The molecule has 0 aliphatic heterocycles. The minimum Gasteiger partial charge on any atom is -0.396 e. The van der Waals surface area contributed by atoms with Gasteiger partial charge in [-0.3, -0.25) is 0 Å². The second-order valence-corrected chi connectivity index (χ2v) is 5.63. The molecule has 0 saturated heterocycles. The summed E-state index contributed by atoms with van der Waals surface area (Å²) >= 11 is 0. The highest BCUT2D eigenvalue weighted by molar-refractivity contribution is 7.89. The Morgan fingerprint density at radius 1 is 1.35 bits per heavy atom. The zero-order valence-electron chi connectivity index (χ0n) is 9.76. The molecule has 0 aromatic heterocycles. The van der Waals surface area contributed by atoms with Crippen molar-refractivity contribution in [1.29, 1.82) is 0 Å². The molecular weight excluding hydrogens is 240 g/mol. The van der Waals surface area contributed by atoms with Crippen LogP contribution in [-0.4, -0.2) is 26.7 Å². The number of nitrogens with two attached hydrogens (primary N) is 1. The van der Waals surface area contributed by atoms with Gasteiger partial charge in [0.15, 0.2) is 0 Å². The lowest BCUT2D eigenvalue weighted by Crippen LogP contribution is -2.14. The molecule has 0 heterocycles. The van der Waals surface area contributed by atoms with E-state index in [1.54, 1.807) is 12.1 Å². The Bertz CT molecular complexity index is 442. The van der Waals surface area contributed by atoms with Crippen LogP contribution in [0.1, 0.15) is 13.3 Å². The SMILES string of the molecule is CC(CCO)CNc1ccc(S(N)(=O)=O)cc1. The largest absolute Gasteiger partial charge is 0.396 e. The van der Waals surface area contributed by atoms with Gasteiger partial charge in [0.25, 0.3) is 0 Å². The van der Waals surface area contributed by atoms with Crippen LogP contribution in [0, 0.1) is 5.92 Å². The molecule has 17 heavy (non-hydrogen) atoms. The maximum absolute atomic E-state index is 11.0. The lowest BCUT2D eigenvalue weighted by atomic mass is 10.1. The Kier molecular flexibility index (Phi) is 4.92. The van der Waals surface area contributed by atoms with Crippen LogP contribution in [0.5, 0.6) is 0 Å². The first-order chi connectivity index (χ1) is 7.93. The molecule has 0 amide bonds. The normalized spacial score (nSPS) is 13.4. The Morgan fingerprint density at radius 3 is 2.41 bits per heavy atom. The van der Waals surface area contributed by atoms with E-state index in [0.717, 1.165) is 18.7 Å². The minimum absolute atomic E-state index is 0.103. The van der Waals surface area contributed by atoms with Gasteiger partial charge in [0.2, 0.25) is 10.0 Å². The van der Waals surface area contributed by atoms with Crippen LogP contribution in [0.4, 0.5) is 5.69 Å². The van der Waals surface area contributed by atoms with Crippen LogP contribution in [0.3, 0.4) is 0 Å². The van der Waals surface area contributed by atoms with Crippen molar-refractivity contribution in [1.82, 2.24) is 0 Å². The molecule has 1 atom stereocenters. The van der Waals surface area contributed by atoms with Crippen molar-refractivity contribution in [3.8, 4) is 0 Å². The summed E-state index contributed by atoms with van der Waals surface area (Å²) in [5.41, 5.74) is 0.835. The molecule has 6 heteroatoms. The van der Waals surface area contributed by atoms with Gasteiger partial charge in [-0.1, -0.05) is 6.92 Å². The molecule has 1 rings (SSSR count). The van der Waals surface area contributed by atoms with Crippen molar-refractivity contribution in [3.63, 3.8) is 0 Å². The van der Waals surface area contributed by atoms with Gasteiger partial charge in [0, 0.05) is 18.8 Å². The van der Waals surface area contributed by atoms with E-state index < -0.39 is 10.0 Å². The van der Waals surface area contributed by atoms with E-state index in [1.807, 2.05) is 6.92 Å². The monoisotopic (exact) mass is 258 g/mol. The lowest BCUT2D eigenvalue weighted by Gasteiger charge is -2.12. The number of anilines is 1. The summed E-state index contributed by atoms with van der Waals surface area (Å²) in [5.74, 6) is 0.359. The summed E-state index contributed by atoms with van der Waals surface area (Å²) in [6.45, 7) is 2.93. The number of nitrogens with one attached hydrogen (secondary N) is 1. The average molecular weight is 258 g/mol. The highest BCUT2D eigenvalue weighted by Crippen LogP contribution is 2.13. The molecule has 0 aliphatic carbocycles. The maximum Gasteiger partial charge on any atom is 0.238 e. The summed E-state index contributed by atoms with van der Waals surface area (Å²) in [7, 11) is -3.62. The second kappa shape index (κ2) is 6.00. The number of rotatable bonds is 6. The van der Waals surface area contributed by atoms with Gasteiger partial charge < -0.3 is 10.4 Å². The van der Waals surface area contributed by atoms with Gasteiger partial charge >= 0.3 is 0 Å². The summed E-state index contributed by atoms with van der Waals surface area (Å²) in [4.78, 5) is 0.103. The predicted octanol–water partition coefficient (Wildman–Crippen LogP) is 0.764. The molecule has 5 nitrogen and oxygen atoms in total. The van der Waals surface area contributed by atoms with Crippen LogP contribution in [0.15, 0.2) is 29.2 Å². The number of hydrogen-bond acceptors (Lipinski definition) is 4. The molecule has 1 aromatic carbocycles. The summed E-state index contributed by atoms with van der Waals surface area (Å²) < 4.78 is 22.1. The number of aliphatic hydroxyl groups excluding tert-OH is 1. The lowest BCUT2D eigenvalue weighted by molar-refractivity contribution is 0.266. The van der Waals surface area contributed by atoms with E-state index in [9.17, 15) is 8.42 Å². The Balaban J connectivity index is 2.57. The van der Waals surface area contributed by atoms with Crippen LogP contribution >= 0.6 is 0 Å². The number of hydrogen-bond donors (Lipinski definition) is 3. The van der Waals surface area contributed by atoms with Gasteiger partial charge in [-0.05, 0) is 36.6 Å². The smallest absolute Gasteiger partial charge is 0.238 e. The molecular formula is C11H18N2O3S. The van der Waals surface area contributed by atoms with E-state index in [0.29, 0.717) is 5.92 Å². The molecule has 1 aromatic rings. The van der Waals surface area contributed by atoms with Crippen LogP contribution < -0.4 is 10.5 Å². The zero-order valence-corrected chi connectivity index (χ0v) is 10.6. The molecule has 0 radical (unpaired) electrons. The highest BCUT2D eigenvalue weighted by Gasteiger charge is 2.07.